The molecule has 0 radical (unpaired) electrons. The molecule has 0 aliphatic heterocycles. The number of amides is 1. The summed E-state index contributed by atoms with van der Waals surface area (Å²) in [7, 11) is 0. The standard InChI is InChI=1S/C16H12ClF2N3O2S2/c17-10-2-1-3-11(14(10)26-16(18)19)20-12(23)4-5-13-21-22-15(24-13)9-6-7-25-8-9/h1-3,6-8,16H,4-5H2,(H,20,23). The number of carbonyl (C=O) groups is 1. The Balaban J connectivity index is 1.61. The molecule has 3 aromatic rings. The van der Waals surface area contributed by atoms with Crippen LogP contribution in [0, 0.1) is 0 Å². The lowest BCUT2D eigenvalue weighted by Crippen LogP contribution is -2.13. The van der Waals surface area contributed by atoms with Crippen LogP contribution in [0.25, 0.3) is 11.5 Å². The number of aryl methyl sites for hydroxylation is 1. The van der Waals surface area contributed by atoms with E-state index >= 15 is 0 Å². The molecule has 0 spiro atoms. The summed E-state index contributed by atoms with van der Waals surface area (Å²) < 4.78 is 30.8. The van der Waals surface area contributed by atoms with Crippen LogP contribution in [0.3, 0.4) is 0 Å². The number of carbonyl (C=O) groups excluding carboxylic acids is 1. The fourth-order valence-electron chi connectivity index (χ4n) is 2.11. The molecular formula is C16H12ClF2N3O2S2. The van der Waals surface area contributed by atoms with Gasteiger partial charge in [0.05, 0.1) is 15.6 Å². The van der Waals surface area contributed by atoms with Crippen LogP contribution >= 0.6 is 34.7 Å². The van der Waals surface area contributed by atoms with Crippen molar-refractivity contribution >= 4 is 46.3 Å². The monoisotopic (exact) mass is 415 g/mol. The third-order valence-corrected chi connectivity index (χ3v) is 5.21. The van der Waals surface area contributed by atoms with Gasteiger partial charge in [0.25, 0.3) is 5.76 Å². The Labute approximate surface area is 160 Å². The smallest absolute Gasteiger partial charge is 0.289 e. The van der Waals surface area contributed by atoms with Gasteiger partial charge in [-0.25, -0.2) is 0 Å². The van der Waals surface area contributed by atoms with Gasteiger partial charge in [-0.1, -0.05) is 29.4 Å². The first kappa shape index (κ1) is 18.8. The largest absolute Gasteiger partial charge is 0.421 e. The first-order valence-electron chi connectivity index (χ1n) is 7.41. The van der Waals surface area contributed by atoms with Gasteiger partial charge in [0.15, 0.2) is 0 Å². The predicted molar refractivity (Wildman–Crippen MR) is 97.9 cm³/mol. The molecule has 136 valence electrons. The van der Waals surface area contributed by atoms with Crippen LogP contribution in [0.4, 0.5) is 14.5 Å². The van der Waals surface area contributed by atoms with Gasteiger partial charge in [-0.2, -0.15) is 20.1 Å². The first-order chi connectivity index (χ1) is 12.5. The van der Waals surface area contributed by atoms with Crippen LogP contribution in [0.1, 0.15) is 12.3 Å². The number of nitrogens with one attached hydrogen (secondary N) is 1. The molecule has 1 N–H and O–H groups in total. The summed E-state index contributed by atoms with van der Waals surface area (Å²) in [4.78, 5) is 12.3. The minimum absolute atomic E-state index is 0.0660. The van der Waals surface area contributed by atoms with Crippen LogP contribution in [0.15, 0.2) is 44.3 Å². The summed E-state index contributed by atoms with van der Waals surface area (Å²) in [5.41, 5.74) is 1.07. The van der Waals surface area contributed by atoms with Gasteiger partial charge in [-0.3, -0.25) is 4.79 Å². The van der Waals surface area contributed by atoms with E-state index in [1.807, 2.05) is 16.8 Å². The molecular weight excluding hydrogens is 404 g/mol. The topological polar surface area (TPSA) is 68.0 Å². The van der Waals surface area contributed by atoms with Crippen molar-refractivity contribution in [2.24, 2.45) is 0 Å². The molecule has 0 unspecified atom stereocenters. The lowest BCUT2D eigenvalue weighted by Gasteiger charge is -2.11. The van der Waals surface area contributed by atoms with Crippen molar-refractivity contribution in [2.75, 3.05) is 5.32 Å². The van der Waals surface area contributed by atoms with Crippen LogP contribution < -0.4 is 5.32 Å². The summed E-state index contributed by atoms with van der Waals surface area (Å²) in [5.74, 6) is -2.28. The highest BCUT2D eigenvalue weighted by Gasteiger charge is 2.16. The second-order valence-corrected chi connectivity index (χ2v) is 7.24. The minimum atomic E-state index is -2.64. The summed E-state index contributed by atoms with van der Waals surface area (Å²) in [6.45, 7) is 0. The maximum atomic E-state index is 12.7. The van der Waals surface area contributed by atoms with E-state index in [4.69, 9.17) is 16.0 Å². The van der Waals surface area contributed by atoms with Crippen molar-refractivity contribution in [1.82, 2.24) is 10.2 Å². The van der Waals surface area contributed by atoms with E-state index in [2.05, 4.69) is 15.5 Å². The molecule has 10 heteroatoms. The number of hydrogen-bond donors (Lipinski definition) is 1. The lowest BCUT2D eigenvalue weighted by atomic mass is 10.2. The number of benzene rings is 1. The Morgan fingerprint density at radius 1 is 1.35 bits per heavy atom. The van der Waals surface area contributed by atoms with Crippen molar-refractivity contribution < 1.29 is 18.0 Å². The maximum Gasteiger partial charge on any atom is 0.289 e. The molecule has 0 bridgehead atoms. The molecule has 0 atom stereocenters. The highest BCUT2D eigenvalue weighted by atomic mass is 35.5. The number of alkyl halides is 2. The van der Waals surface area contributed by atoms with Crippen LogP contribution in [0.2, 0.25) is 5.02 Å². The second-order valence-electron chi connectivity index (χ2n) is 5.06. The van der Waals surface area contributed by atoms with E-state index in [1.165, 1.54) is 23.5 Å². The van der Waals surface area contributed by atoms with Gasteiger partial charge in [-0.05, 0) is 23.6 Å². The van der Waals surface area contributed by atoms with Crippen molar-refractivity contribution in [2.45, 2.75) is 23.5 Å². The average Bonchev–Trinajstić information content (AvgIpc) is 3.26. The first-order valence-corrected chi connectivity index (χ1v) is 9.61. The Kier molecular flexibility index (Phi) is 6.23. The van der Waals surface area contributed by atoms with Gasteiger partial charge in [0.2, 0.25) is 17.7 Å². The van der Waals surface area contributed by atoms with E-state index in [9.17, 15) is 13.6 Å². The van der Waals surface area contributed by atoms with Crippen LogP contribution in [0.5, 0.6) is 0 Å². The Morgan fingerprint density at radius 2 is 2.19 bits per heavy atom. The SMILES string of the molecule is O=C(CCc1nnc(-c2ccsc2)o1)Nc1cccc(Cl)c1SC(F)F. The molecule has 1 amide bonds. The third-order valence-electron chi connectivity index (χ3n) is 3.25. The molecule has 2 aromatic heterocycles. The molecule has 0 aliphatic rings. The zero-order valence-electron chi connectivity index (χ0n) is 13.1. The molecule has 0 fully saturated rings. The van der Waals surface area contributed by atoms with E-state index in [0.29, 0.717) is 23.5 Å². The number of anilines is 1. The van der Waals surface area contributed by atoms with E-state index < -0.39 is 5.76 Å². The van der Waals surface area contributed by atoms with Crippen molar-refractivity contribution in [3.63, 3.8) is 0 Å². The Morgan fingerprint density at radius 3 is 2.92 bits per heavy atom. The van der Waals surface area contributed by atoms with Gasteiger partial charge < -0.3 is 9.73 Å². The number of halogens is 3. The molecule has 26 heavy (non-hydrogen) atoms. The Bertz CT molecular complexity index is 888. The fraction of sp³-hybridized carbons (Fsp3) is 0.188. The second kappa shape index (κ2) is 8.61. The van der Waals surface area contributed by atoms with Gasteiger partial charge >= 0.3 is 0 Å². The number of aromatic nitrogens is 2. The number of thioether (sulfide) groups is 1. The molecule has 2 heterocycles. The zero-order chi connectivity index (χ0) is 18.5. The molecule has 0 aliphatic carbocycles. The van der Waals surface area contributed by atoms with Gasteiger partial charge in [0, 0.05) is 23.8 Å². The fourth-order valence-corrected chi connectivity index (χ4v) is 3.65. The number of thiophene rings is 1. The quantitative estimate of drug-likeness (QED) is 0.527. The number of hydrogen-bond acceptors (Lipinski definition) is 6. The molecule has 0 saturated carbocycles. The summed E-state index contributed by atoms with van der Waals surface area (Å²) in [6.07, 6.45) is 0.303. The lowest BCUT2D eigenvalue weighted by molar-refractivity contribution is -0.116. The van der Waals surface area contributed by atoms with E-state index in [0.717, 1.165) is 5.56 Å². The molecule has 0 saturated heterocycles. The van der Waals surface area contributed by atoms with Gasteiger partial charge in [-0.15, -0.1) is 10.2 Å². The average molecular weight is 416 g/mol. The predicted octanol–water partition coefficient (Wildman–Crippen LogP) is 5.34. The third kappa shape index (κ3) is 4.80. The number of rotatable bonds is 7. The van der Waals surface area contributed by atoms with Crippen molar-refractivity contribution in [3.8, 4) is 11.5 Å². The normalized spacial score (nSPS) is 11.1. The summed E-state index contributed by atoms with van der Waals surface area (Å²) in [6, 6.07) is 6.46. The van der Waals surface area contributed by atoms with Crippen LogP contribution in [-0.4, -0.2) is 21.9 Å². The Hall–Kier alpha value is -1.97. The summed E-state index contributed by atoms with van der Waals surface area (Å²) in [5, 5.41) is 14.4. The van der Waals surface area contributed by atoms with Crippen molar-refractivity contribution in [3.05, 3.63) is 45.9 Å². The number of nitrogens with zero attached hydrogens (tertiary/aromatic N) is 2. The van der Waals surface area contributed by atoms with E-state index in [-0.39, 0.29) is 34.4 Å². The van der Waals surface area contributed by atoms with E-state index in [1.54, 1.807) is 6.07 Å². The molecule has 3 rings (SSSR count). The van der Waals surface area contributed by atoms with Crippen LogP contribution in [-0.2, 0) is 11.2 Å². The van der Waals surface area contributed by atoms with Crippen molar-refractivity contribution in [1.29, 1.82) is 0 Å². The zero-order valence-corrected chi connectivity index (χ0v) is 15.5. The highest BCUT2D eigenvalue weighted by Crippen LogP contribution is 2.37. The minimum Gasteiger partial charge on any atom is -0.421 e. The molecule has 5 nitrogen and oxygen atoms in total. The highest BCUT2D eigenvalue weighted by molar-refractivity contribution is 7.99. The summed E-state index contributed by atoms with van der Waals surface area (Å²) >= 11 is 7.75. The van der Waals surface area contributed by atoms with Gasteiger partial charge in [0.1, 0.15) is 0 Å². The molecule has 1 aromatic carbocycles. The maximum absolute atomic E-state index is 12.7.